The van der Waals surface area contributed by atoms with E-state index in [0.717, 1.165) is 29.9 Å². The molecule has 20 heavy (non-hydrogen) atoms. The van der Waals surface area contributed by atoms with E-state index in [0.29, 0.717) is 12.1 Å². The third-order valence-electron chi connectivity index (χ3n) is 4.77. The van der Waals surface area contributed by atoms with Gasteiger partial charge in [0.15, 0.2) is 0 Å². The van der Waals surface area contributed by atoms with Gasteiger partial charge in [0.05, 0.1) is 11.3 Å². The first-order valence-corrected chi connectivity index (χ1v) is 7.70. The van der Waals surface area contributed by atoms with Crippen LogP contribution in [0.4, 0.5) is 5.69 Å². The smallest absolute Gasteiger partial charge is 0.101 e. The summed E-state index contributed by atoms with van der Waals surface area (Å²) in [5.41, 5.74) is 3.10. The number of nitriles is 1. The van der Waals surface area contributed by atoms with Crippen LogP contribution in [0, 0.1) is 18.3 Å². The zero-order valence-corrected chi connectivity index (χ0v) is 12.5. The highest BCUT2D eigenvalue weighted by atomic mass is 15.3. The van der Waals surface area contributed by atoms with Crippen LogP contribution in [-0.4, -0.2) is 36.6 Å². The SMILES string of the molecule is Cc1ccc(N2CC3CCCCN3CC2C)c(C#N)c1. The predicted molar refractivity (Wildman–Crippen MR) is 81.9 cm³/mol. The fourth-order valence-corrected chi connectivity index (χ4v) is 3.68. The van der Waals surface area contributed by atoms with E-state index in [1.807, 2.05) is 13.0 Å². The Morgan fingerprint density at radius 3 is 2.90 bits per heavy atom. The van der Waals surface area contributed by atoms with E-state index >= 15 is 0 Å². The average molecular weight is 269 g/mol. The molecule has 0 aliphatic carbocycles. The van der Waals surface area contributed by atoms with Gasteiger partial charge in [-0.05, 0) is 50.9 Å². The van der Waals surface area contributed by atoms with Crippen molar-refractivity contribution < 1.29 is 0 Å². The monoisotopic (exact) mass is 269 g/mol. The van der Waals surface area contributed by atoms with Gasteiger partial charge in [0.1, 0.15) is 6.07 Å². The summed E-state index contributed by atoms with van der Waals surface area (Å²) in [6, 6.07) is 9.79. The number of rotatable bonds is 1. The number of hydrogen-bond donors (Lipinski definition) is 0. The van der Waals surface area contributed by atoms with Crippen molar-refractivity contribution in [3.05, 3.63) is 29.3 Å². The van der Waals surface area contributed by atoms with Crippen molar-refractivity contribution in [3.63, 3.8) is 0 Å². The number of piperazine rings is 1. The van der Waals surface area contributed by atoms with Crippen molar-refractivity contribution in [1.29, 1.82) is 5.26 Å². The molecule has 0 N–H and O–H groups in total. The fraction of sp³-hybridized carbons (Fsp3) is 0.588. The zero-order chi connectivity index (χ0) is 14.1. The van der Waals surface area contributed by atoms with Crippen LogP contribution in [0.3, 0.4) is 0 Å². The minimum absolute atomic E-state index is 0.485. The average Bonchev–Trinajstić information content (AvgIpc) is 2.46. The van der Waals surface area contributed by atoms with Crippen molar-refractivity contribution in [2.45, 2.75) is 45.2 Å². The van der Waals surface area contributed by atoms with Crippen molar-refractivity contribution in [2.24, 2.45) is 0 Å². The summed E-state index contributed by atoms with van der Waals surface area (Å²) < 4.78 is 0. The molecule has 3 rings (SSSR count). The van der Waals surface area contributed by atoms with Crippen LogP contribution in [0.2, 0.25) is 0 Å². The topological polar surface area (TPSA) is 30.3 Å². The maximum Gasteiger partial charge on any atom is 0.101 e. The zero-order valence-electron chi connectivity index (χ0n) is 12.5. The van der Waals surface area contributed by atoms with Crippen LogP contribution < -0.4 is 4.90 Å². The van der Waals surface area contributed by atoms with Gasteiger partial charge in [-0.25, -0.2) is 0 Å². The largest absolute Gasteiger partial charge is 0.365 e. The molecule has 106 valence electrons. The molecule has 3 nitrogen and oxygen atoms in total. The van der Waals surface area contributed by atoms with Gasteiger partial charge in [-0.2, -0.15) is 5.26 Å². The molecule has 0 saturated carbocycles. The van der Waals surface area contributed by atoms with Crippen molar-refractivity contribution >= 4 is 5.69 Å². The lowest BCUT2D eigenvalue weighted by molar-refractivity contribution is 0.115. The summed E-state index contributed by atoms with van der Waals surface area (Å²) in [6.45, 7) is 7.78. The molecule has 2 fully saturated rings. The number of nitrogens with zero attached hydrogens (tertiary/aromatic N) is 3. The Hall–Kier alpha value is -1.53. The molecule has 2 aliphatic rings. The van der Waals surface area contributed by atoms with Crippen molar-refractivity contribution in [3.8, 4) is 6.07 Å². The van der Waals surface area contributed by atoms with Crippen molar-refractivity contribution in [1.82, 2.24) is 4.90 Å². The van der Waals surface area contributed by atoms with Gasteiger partial charge in [-0.15, -0.1) is 0 Å². The lowest BCUT2D eigenvalue weighted by atomic mass is 9.96. The molecule has 0 bridgehead atoms. The first-order valence-electron chi connectivity index (χ1n) is 7.70. The van der Waals surface area contributed by atoms with E-state index in [9.17, 15) is 5.26 Å². The van der Waals surface area contributed by atoms with Crippen LogP contribution >= 0.6 is 0 Å². The van der Waals surface area contributed by atoms with Crippen LogP contribution in [-0.2, 0) is 0 Å². The van der Waals surface area contributed by atoms with Crippen LogP contribution in [0.5, 0.6) is 0 Å². The van der Waals surface area contributed by atoms with Gasteiger partial charge >= 0.3 is 0 Å². The Labute approximate surface area is 121 Å². The number of benzene rings is 1. The first-order chi connectivity index (χ1) is 9.69. The molecule has 2 unspecified atom stereocenters. The highest BCUT2D eigenvalue weighted by Crippen LogP contribution is 2.30. The molecule has 0 spiro atoms. The standard InChI is InChI=1S/C17H23N3/c1-13-6-7-17(15(9-13)10-18)20-12-16-5-3-4-8-19(16)11-14(20)2/h6-7,9,14,16H,3-5,8,11-12H2,1-2H3. The van der Waals surface area contributed by atoms with Crippen LogP contribution in [0.15, 0.2) is 18.2 Å². The van der Waals surface area contributed by atoms with E-state index in [1.54, 1.807) is 0 Å². The number of anilines is 1. The summed E-state index contributed by atoms with van der Waals surface area (Å²) in [4.78, 5) is 5.09. The van der Waals surface area contributed by atoms with Crippen molar-refractivity contribution in [2.75, 3.05) is 24.5 Å². The molecule has 0 aromatic heterocycles. The summed E-state index contributed by atoms with van der Waals surface area (Å²) in [5, 5.41) is 9.41. The molecule has 2 heterocycles. The number of aryl methyl sites for hydroxylation is 1. The maximum absolute atomic E-state index is 9.41. The fourth-order valence-electron chi connectivity index (χ4n) is 3.68. The summed E-state index contributed by atoms with van der Waals surface area (Å²) in [5.74, 6) is 0. The van der Waals surface area contributed by atoms with E-state index in [4.69, 9.17) is 0 Å². The van der Waals surface area contributed by atoms with E-state index in [-0.39, 0.29) is 0 Å². The van der Waals surface area contributed by atoms with Gasteiger partial charge in [0, 0.05) is 25.2 Å². The normalized spacial score (nSPS) is 26.9. The van der Waals surface area contributed by atoms with Gasteiger partial charge in [-0.1, -0.05) is 12.5 Å². The maximum atomic E-state index is 9.41. The minimum Gasteiger partial charge on any atom is -0.365 e. The molecular weight excluding hydrogens is 246 g/mol. The molecule has 2 atom stereocenters. The van der Waals surface area contributed by atoms with E-state index in [2.05, 4.69) is 34.9 Å². The highest BCUT2D eigenvalue weighted by Gasteiger charge is 2.33. The molecular formula is C17H23N3. The molecule has 1 aromatic carbocycles. The lowest BCUT2D eigenvalue weighted by Gasteiger charge is -2.48. The second-order valence-corrected chi connectivity index (χ2v) is 6.28. The predicted octanol–water partition coefficient (Wildman–Crippen LogP) is 2.93. The van der Waals surface area contributed by atoms with E-state index in [1.165, 1.54) is 25.8 Å². The van der Waals surface area contributed by atoms with Gasteiger partial charge < -0.3 is 4.90 Å². The quantitative estimate of drug-likeness (QED) is 0.785. The Kier molecular flexibility index (Phi) is 3.67. The number of piperidine rings is 1. The van der Waals surface area contributed by atoms with Gasteiger partial charge in [-0.3, -0.25) is 4.90 Å². The van der Waals surface area contributed by atoms with E-state index < -0.39 is 0 Å². The number of hydrogen-bond acceptors (Lipinski definition) is 3. The van der Waals surface area contributed by atoms with Crippen LogP contribution in [0.25, 0.3) is 0 Å². The summed E-state index contributed by atoms with van der Waals surface area (Å²) in [7, 11) is 0. The van der Waals surface area contributed by atoms with Crippen LogP contribution in [0.1, 0.15) is 37.3 Å². The molecule has 2 saturated heterocycles. The first kappa shape index (κ1) is 13.5. The van der Waals surface area contributed by atoms with Gasteiger partial charge in [0.25, 0.3) is 0 Å². The Morgan fingerprint density at radius 1 is 1.25 bits per heavy atom. The molecule has 3 heteroatoms. The second kappa shape index (κ2) is 5.46. The Balaban J connectivity index is 1.88. The summed E-state index contributed by atoms with van der Waals surface area (Å²) in [6.07, 6.45) is 4.00. The lowest BCUT2D eigenvalue weighted by Crippen LogP contribution is -2.59. The summed E-state index contributed by atoms with van der Waals surface area (Å²) >= 11 is 0. The molecule has 1 aromatic rings. The minimum atomic E-state index is 0.485. The molecule has 2 aliphatic heterocycles. The second-order valence-electron chi connectivity index (χ2n) is 6.28. The molecule has 0 radical (unpaired) electrons. The highest BCUT2D eigenvalue weighted by molar-refractivity contribution is 5.61. The van der Waals surface area contributed by atoms with Gasteiger partial charge in [0.2, 0.25) is 0 Å². The Bertz CT molecular complexity index is 532. The molecule has 0 amide bonds. The third-order valence-corrected chi connectivity index (χ3v) is 4.77. The number of fused-ring (bicyclic) bond motifs is 1. The third kappa shape index (κ3) is 2.41. The Morgan fingerprint density at radius 2 is 2.10 bits per heavy atom.